The highest BCUT2D eigenvalue weighted by atomic mass is 35.5. The van der Waals surface area contributed by atoms with E-state index < -0.39 is 0 Å². The first-order chi connectivity index (χ1) is 11.0. The lowest BCUT2D eigenvalue weighted by Gasteiger charge is -2.16. The minimum Gasteiger partial charge on any atom is -0.340 e. The fourth-order valence-electron chi connectivity index (χ4n) is 2.57. The van der Waals surface area contributed by atoms with Gasteiger partial charge in [-0.15, -0.1) is 0 Å². The topological polar surface area (TPSA) is 51.5 Å². The van der Waals surface area contributed by atoms with E-state index in [1.807, 2.05) is 50.5 Å². The van der Waals surface area contributed by atoms with Gasteiger partial charge in [-0.05, 0) is 44.2 Å². The van der Waals surface area contributed by atoms with Crippen molar-refractivity contribution >= 4 is 22.5 Å². The van der Waals surface area contributed by atoms with Crippen LogP contribution in [0.4, 0.5) is 0 Å². The standard InChI is InChI=1S/C18H18ClN3O/c1-11-4-7-14(8-5-11)22-17(12(2)20-3)21-16-10-13(19)6-9-15(16)18(22)23/h4-10,12,20H,1-3H3/p+1/t12-/m1/s1. The number of rotatable bonds is 3. The van der Waals surface area contributed by atoms with Gasteiger partial charge in [0.2, 0.25) is 0 Å². The van der Waals surface area contributed by atoms with Gasteiger partial charge in [0.25, 0.3) is 5.56 Å². The third-order valence-corrected chi connectivity index (χ3v) is 4.29. The molecular weight excluding hydrogens is 310 g/mol. The summed E-state index contributed by atoms with van der Waals surface area (Å²) in [6.07, 6.45) is 0. The highest BCUT2D eigenvalue weighted by molar-refractivity contribution is 6.31. The second-order valence-corrected chi connectivity index (χ2v) is 6.17. The second kappa shape index (κ2) is 6.14. The number of benzene rings is 2. The van der Waals surface area contributed by atoms with Gasteiger partial charge in [-0.25, -0.2) is 4.98 Å². The summed E-state index contributed by atoms with van der Waals surface area (Å²) in [7, 11) is 1.97. The second-order valence-electron chi connectivity index (χ2n) is 5.73. The predicted molar refractivity (Wildman–Crippen MR) is 93.4 cm³/mol. The Hall–Kier alpha value is -2.17. The van der Waals surface area contributed by atoms with E-state index in [4.69, 9.17) is 16.6 Å². The fourth-order valence-corrected chi connectivity index (χ4v) is 2.74. The van der Waals surface area contributed by atoms with E-state index >= 15 is 0 Å². The summed E-state index contributed by atoms with van der Waals surface area (Å²) in [4.78, 5) is 17.7. The molecule has 0 spiro atoms. The lowest BCUT2D eigenvalue weighted by molar-refractivity contribution is -0.668. The Balaban J connectivity index is 2.38. The molecule has 118 valence electrons. The minimum absolute atomic E-state index is 0.0485. The zero-order chi connectivity index (χ0) is 16.6. The Morgan fingerprint density at radius 3 is 2.52 bits per heavy atom. The number of halogens is 1. The summed E-state index contributed by atoms with van der Waals surface area (Å²) in [6.45, 7) is 4.05. The van der Waals surface area contributed by atoms with E-state index in [2.05, 4.69) is 0 Å². The zero-order valence-corrected chi connectivity index (χ0v) is 14.1. The van der Waals surface area contributed by atoms with Crippen molar-refractivity contribution in [2.24, 2.45) is 0 Å². The highest BCUT2D eigenvalue weighted by Crippen LogP contribution is 2.19. The summed E-state index contributed by atoms with van der Waals surface area (Å²) in [6, 6.07) is 13.1. The molecule has 2 aromatic carbocycles. The Morgan fingerprint density at radius 2 is 1.87 bits per heavy atom. The number of fused-ring (bicyclic) bond motifs is 1. The molecule has 2 N–H and O–H groups in total. The molecule has 0 amide bonds. The summed E-state index contributed by atoms with van der Waals surface area (Å²) >= 11 is 6.05. The summed E-state index contributed by atoms with van der Waals surface area (Å²) in [5.41, 5.74) is 2.54. The third kappa shape index (κ3) is 2.87. The van der Waals surface area contributed by atoms with Crippen LogP contribution in [0.15, 0.2) is 47.3 Å². The Bertz CT molecular complexity index is 916. The molecule has 0 aliphatic heterocycles. The zero-order valence-electron chi connectivity index (χ0n) is 13.4. The normalized spacial score (nSPS) is 12.5. The van der Waals surface area contributed by atoms with E-state index in [1.165, 1.54) is 0 Å². The number of aryl methyl sites for hydroxylation is 1. The van der Waals surface area contributed by atoms with Crippen LogP contribution in [0.25, 0.3) is 16.6 Å². The molecule has 3 aromatic rings. The summed E-state index contributed by atoms with van der Waals surface area (Å²) in [5.74, 6) is 0.719. The SMILES string of the molecule is C[NH2+][C@H](C)c1nc2cc(Cl)ccc2c(=O)n1-c1ccc(C)cc1. The van der Waals surface area contributed by atoms with E-state index in [9.17, 15) is 4.79 Å². The first-order valence-corrected chi connectivity index (χ1v) is 7.98. The van der Waals surface area contributed by atoms with Crippen LogP contribution < -0.4 is 10.9 Å². The van der Waals surface area contributed by atoms with Crippen LogP contribution in [0.3, 0.4) is 0 Å². The van der Waals surface area contributed by atoms with Gasteiger partial charge in [-0.1, -0.05) is 29.3 Å². The van der Waals surface area contributed by atoms with Gasteiger partial charge in [-0.2, -0.15) is 0 Å². The van der Waals surface area contributed by atoms with Gasteiger partial charge >= 0.3 is 0 Å². The molecule has 5 heteroatoms. The van der Waals surface area contributed by atoms with Gasteiger partial charge in [0.15, 0.2) is 5.82 Å². The van der Waals surface area contributed by atoms with Crippen LogP contribution in [0.5, 0.6) is 0 Å². The van der Waals surface area contributed by atoms with Gasteiger partial charge in [-0.3, -0.25) is 9.36 Å². The molecule has 0 bridgehead atoms. The molecule has 0 radical (unpaired) electrons. The van der Waals surface area contributed by atoms with Crippen LogP contribution in [0, 0.1) is 6.92 Å². The molecule has 0 aliphatic carbocycles. The Labute approximate surface area is 139 Å². The van der Waals surface area contributed by atoms with Crippen molar-refractivity contribution in [1.29, 1.82) is 0 Å². The highest BCUT2D eigenvalue weighted by Gasteiger charge is 2.19. The summed E-state index contributed by atoms with van der Waals surface area (Å²) < 4.78 is 1.69. The number of nitrogens with two attached hydrogens (primary N) is 1. The van der Waals surface area contributed by atoms with Crippen molar-refractivity contribution in [3.63, 3.8) is 0 Å². The molecule has 1 atom stereocenters. The largest absolute Gasteiger partial charge is 0.340 e. The van der Waals surface area contributed by atoms with Crippen LogP contribution in [-0.4, -0.2) is 16.6 Å². The van der Waals surface area contributed by atoms with Crippen molar-refractivity contribution in [1.82, 2.24) is 9.55 Å². The van der Waals surface area contributed by atoms with Crippen molar-refractivity contribution < 1.29 is 5.32 Å². The molecule has 1 heterocycles. The average Bonchev–Trinajstić information content (AvgIpc) is 2.54. The van der Waals surface area contributed by atoms with E-state index in [0.29, 0.717) is 15.9 Å². The Kier molecular flexibility index (Phi) is 4.20. The quantitative estimate of drug-likeness (QED) is 0.803. The van der Waals surface area contributed by atoms with E-state index in [-0.39, 0.29) is 11.6 Å². The monoisotopic (exact) mass is 328 g/mol. The molecule has 3 rings (SSSR count). The van der Waals surface area contributed by atoms with Gasteiger partial charge in [0.1, 0.15) is 6.04 Å². The van der Waals surface area contributed by atoms with Crippen molar-refractivity contribution in [2.45, 2.75) is 19.9 Å². The minimum atomic E-state index is -0.0702. The molecule has 1 aromatic heterocycles. The predicted octanol–water partition coefficient (Wildman–Crippen LogP) is 2.60. The Morgan fingerprint density at radius 1 is 1.17 bits per heavy atom. The smallest absolute Gasteiger partial charge is 0.266 e. The maximum Gasteiger partial charge on any atom is 0.266 e. The number of hydrogen-bond donors (Lipinski definition) is 1. The lowest BCUT2D eigenvalue weighted by atomic mass is 10.2. The average molecular weight is 329 g/mol. The van der Waals surface area contributed by atoms with Crippen LogP contribution in [-0.2, 0) is 0 Å². The maximum atomic E-state index is 13.0. The van der Waals surface area contributed by atoms with E-state index in [1.54, 1.807) is 22.8 Å². The van der Waals surface area contributed by atoms with Crippen LogP contribution in [0.2, 0.25) is 5.02 Å². The molecule has 23 heavy (non-hydrogen) atoms. The number of quaternary nitrogens is 1. The van der Waals surface area contributed by atoms with Crippen LogP contribution in [0.1, 0.15) is 24.4 Å². The molecular formula is C18H19ClN3O+. The van der Waals surface area contributed by atoms with Crippen molar-refractivity contribution in [2.75, 3.05) is 7.05 Å². The molecule has 0 saturated heterocycles. The van der Waals surface area contributed by atoms with Gasteiger partial charge in [0, 0.05) is 5.02 Å². The fraction of sp³-hybridized carbons (Fsp3) is 0.222. The third-order valence-electron chi connectivity index (χ3n) is 4.06. The molecule has 0 unspecified atom stereocenters. The number of aromatic nitrogens is 2. The molecule has 0 aliphatic rings. The molecule has 0 fully saturated rings. The first-order valence-electron chi connectivity index (χ1n) is 7.60. The van der Waals surface area contributed by atoms with Crippen LogP contribution >= 0.6 is 11.6 Å². The van der Waals surface area contributed by atoms with Crippen molar-refractivity contribution in [3.05, 3.63) is 69.2 Å². The molecule has 0 saturated carbocycles. The number of nitrogens with zero attached hydrogens (tertiary/aromatic N) is 2. The number of hydrogen-bond acceptors (Lipinski definition) is 2. The van der Waals surface area contributed by atoms with E-state index in [0.717, 1.165) is 17.1 Å². The molecule has 4 nitrogen and oxygen atoms in total. The maximum absolute atomic E-state index is 13.0. The van der Waals surface area contributed by atoms with Gasteiger partial charge in [0.05, 0.1) is 23.6 Å². The summed E-state index contributed by atoms with van der Waals surface area (Å²) in [5, 5.41) is 3.18. The first kappa shape index (κ1) is 15.7. The van der Waals surface area contributed by atoms with Gasteiger partial charge < -0.3 is 5.32 Å². The lowest BCUT2D eigenvalue weighted by Crippen LogP contribution is -2.80. The van der Waals surface area contributed by atoms with Crippen molar-refractivity contribution in [3.8, 4) is 5.69 Å².